The minimum atomic E-state index is -0.930. The molecule has 0 spiro atoms. The average molecular weight is 342 g/mol. The van der Waals surface area contributed by atoms with E-state index in [0.29, 0.717) is 5.92 Å². The Kier molecular flexibility index (Phi) is 4.94. The Labute approximate surface area is 125 Å². The van der Waals surface area contributed by atoms with Gasteiger partial charge in [-0.05, 0) is 46.3 Å². The van der Waals surface area contributed by atoms with Crippen molar-refractivity contribution in [3.8, 4) is 0 Å². The lowest BCUT2D eigenvalue weighted by Gasteiger charge is -2.19. The maximum absolute atomic E-state index is 11.8. The Morgan fingerprint density at radius 2 is 2.20 bits per heavy atom. The zero-order valence-corrected chi connectivity index (χ0v) is 12.4. The van der Waals surface area contributed by atoms with Crippen molar-refractivity contribution in [3.05, 3.63) is 28.5 Å². The number of carbonyl (C=O) groups excluding carboxylic acids is 1. The lowest BCUT2D eigenvalue weighted by atomic mass is 10.1. The Bertz CT molecular complexity index is 505. The molecule has 3 N–H and O–H groups in total. The van der Waals surface area contributed by atoms with Gasteiger partial charge in [0.05, 0.1) is 12.5 Å². The van der Waals surface area contributed by atoms with Gasteiger partial charge in [0.15, 0.2) is 0 Å². The van der Waals surface area contributed by atoms with E-state index in [2.05, 4.69) is 31.5 Å². The molecule has 1 aromatic heterocycles. The summed E-state index contributed by atoms with van der Waals surface area (Å²) >= 11 is 3.37. The van der Waals surface area contributed by atoms with Crippen LogP contribution < -0.4 is 10.6 Å². The molecular formula is C13H16BrN3O3. The molecule has 1 fully saturated rings. The molecule has 20 heavy (non-hydrogen) atoms. The van der Waals surface area contributed by atoms with Gasteiger partial charge in [0, 0.05) is 23.4 Å². The van der Waals surface area contributed by atoms with Gasteiger partial charge in [-0.15, -0.1) is 0 Å². The molecule has 1 atom stereocenters. The lowest BCUT2D eigenvalue weighted by Crippen LogP contribution is -2.39. The molecule has 1 unspecified atom stereocenters. The maximum atomic E-state index is 11.8. The standard InChI is InChI=1S/C13H16BrN3O3/c14-10-5-9(6-15-7-10)12(8-1-2-8)17-13(20)16-4-3-11(18)19/h5-8,12H,1-4H2,(H,18,19)(H2,16,17,20). The average Bonchev–Trinajstić information content (AvgIpc) is 3.19. The fraction of sp³-hybridized carbons (Fsp3) is 0.462. The van der Waals surface area contributed by atoms with Crippen LogP contribution >= 0.6 is 15.9 Å². The lowest BCUT2D eigenvalue weighted by molar-refractivity contribution is -0.136. The quantitative estimate of drug-likeness (QED) is 0.738. The Hall–Kier alpha value is -1.63. The van der Waals surface area contributed by atoms with E-state index in [-0.39, 0.29) is 25.0 Å². The Morgan fingerprint density at radius 3 is 2.80 bits per heavy atom. The molecule has 0 aliphatic heterocycles. The van der Waals surface area contributed by atoms with Gasteiger partial charge in [0.25, 0.3) is 0 Å². The predicted molar refractivity (Wildman–Crippen MR) is 76.2 cm³/mol. The first-order chi connectivity index (χ1) is 9.56. The minimum absolute atomic E-state index is 0.0789. The van der Waals surface area contributed by atoms with E-state index >= 15 is 0 Å². The molecule has 2 amide bonds. The molecule has 7 heteroatoms. The second-order valence-electron chi connectivity index (χ2n) is 4.80. The van der Waals surface area contributed by atoms with Gasteiger partial charge in [0.1, 0.15) is 0 Å². The highest BCUT2D eigenvalue weighted by molar-refractivity contribution is 9.10. The molecule has 1 aliphatic rings. The number of urea groups is 1. The summed E-state index contributed by atoms with van der Waals surface area (Å²) in [5.41, 5.74) is 0.954. The zero-order valence-electron chi connectivity index (χ0n) is 10.8. The number of aromatic nitrogens is 1. The monoisotopic (exact) mass is 341 g/mol. The molecule has 0 bridgehead atoms. The van der Waals surface area contributed by atoms with E-state index in [0.717, 1.165) is 22.9 Å². The minimum Gasteiger partial charge on any atom is -0.481 e. The first-order valence-corrected chi connectivity index (χ1v) is 7.22. The van der Waals surface area contributed by atoms with E-state index in [1.807, 2.05) is 6.07 Å². The van der Waals surface area contributed by atoms with Crippen LogP contribution in [-0.2, 0) is 4.79 Å². The van der Waals surface area contributed by atoms with E-state index in [1.54, 1.807) is 12.4 Å². The summed E-state index contributed by atoms with van der Waals surface area (Å²) in [7, 11) is 0. The number of nitrogens with zero attached hydrogens (tertiary/aromatic N) is 1. The highest BCUT2D eigenvalue weighted by Crippen LogP contribution is 2.41. The molecule has 1 heterocycles. The molecule has 6 nitrogen and oxygen atoms in total. The van der Waals surface area contributed by atoms with Gasteiger partial charge in [-0.2, -0.15) is 0 Å². The second-order valence-corrected chi connectivity index (χ2v) is 5.71. The van der Waals surface area contributed by atoms with E-state index in [9.17, 15) is 9.59 Å². The topological polar surface area (TPSA) is 91.3 Å². The second kappa shape index (κ2) is 6.69. The molecule has 0 saturated heterocycles. The highest BCUT2D eigenvalue weighted by Gasteiger charge is 2.33. The van der Waals surface area contributed by atoms with Gasteiger partial charge in [-0.25, -0.2) is 4.79 Å². The van der Waals surface area contributed by atoms with Crippen LogP contribution in [0.1, 0.15) is 30.9 Å². The van der Waals surface area contributed by atoms with Crippen molar-refractivity contribution in [1.29, 1.82) is 0 Å². The zero-order chi connectivity index (χ0) is 14.5. The number of hydrogen-bond acceptors (Lipinski definition) is 3. The van der Waals surface area contributed by atoms with Gasteiger partial charge in [-0.1, -0.05) is 0 Å². The summed E-state index contributed by atoms with van der Waals surface area (Å²) in [6.07, 6.45) is 5.50. The number of hydrogen-bond donors (Lipinski definition) is 3. The number of carboxylic acid groups (broad SMARTS) is 1. The van der Waals surface area contributed by atoms with Crippen molar-refractivity contribution < 1.29 is 14.7 Å². The van der Waals surface area contributed by atoms with Crippen molar-refractivity contribution >= 4 is 27.9 Å². The number of amides is 2. The number of carboxylic acids is 1. The van der Waals surface area contributed by atoms with Gasteiger partial charge in [-0.3, -0.25) is 9.78 Å². The van der Waals surface area contributed by atoms with Crippen LogP contribution in [-0.4, -0.2) is 28.6 Å². The van der Waals surface area contributed by atoms with Crippen molar-refractivity contribution in [2.24, 2.45) is 5.92 Å². The van der Waals surface area contributed by atoms with Crippen LogP contribution in [0.4, 0.5) is 4.79 Å². The molecular weight excluding hydrogens is 326 g/mol. The summed E-state index contributed by atoms with van der Waals surface area (Å²) in [6.45, 7) is 0.120. The van der Waals surface area contributed by atoms with Crippen molar-refractivity contribution in [2.45, 2.75) is 25.3 Å². The summed E-state index contributed by atoms with van der Waals surface area (Å²) in [4.78, 5) is 26.3. The molecule has 1 saturated carbocycles. The third-order valence-electron chi connectivity index (χ3n) is 3.09. The van der Waals surface area contributed by atoms with Crippen molar-refractivity contribution in [2.75, 3.05) is 6.54 Å². The van der Waals surface area contributed by atoms with Crippen LogP contribution in [0.5, 0.6) is 0 Å². The fourth-order valence-corrected chi connectivity index (χ4v) is 2.36. The number of pyridine rings is 1. The first-order valence-electron chi connectivity index (χ1n) is 6.43. The number of carbonyl (C=O) groups is 2. The molecule has 0 radical (unpaired) electrons. The summed E-state index contributed by atoms with van der Waals surface area (Å²) in [5, 5.41) is 14.0. The number of halogens is 1. The largest absolute Gasteiger partial charge is 0.481 e. The predicted octanol–water partition coefficient (Wildman–Crippen LogP) is 2.07. The number of aliphatic carboxylic acids is 1. The molecule has 0 aromatic carbocycles. The first kappa shape index (κ1) is 14.8. The van der Waals surface area contributed by atoms with E-state index in [4.69, 9.17) is 5.11 Å². The fourth-order valence-electron chi connectivity index (χ4n) is 1.98. The van der Waals surface area contributed by atoms with Crippen LogP contribution in [0.2, 0.25) is 0 Å². The van der Waals surface area contributed by atoms with Crippen LogP contribution in [0, 0.1) is 5.92 Å². The van der Waals surface area contributed by atoms with Gasteiger partial charge in [0.2, 0.25) is 0 Å². The number of nitrogens with one attached hydrogen (secondary N) is 2. The molecule has 108 valence electrons. The maximum Gasteiger partial charge on any atom is 0.315 e. The van der Waals surface area contributed by atoms with Crippen LogP contribution in [0.15, 0.2) is 22.9 Å². The normalized spacial score (nSPS) is 15.4. The Morgan fingerprint density at radius 1 is 1.45 bits per heavy atom. The summed E-state index contributed by atoms with van der Waals surface area (Å²) in [6, 6.07) is 1.51. The SMILES string of the molecule is O=C(O)CCNC(=O)NC(c1cncc(Br)c1)C1CC1. The number of rotatable bonds is 6. The van der Waals surface area contributed by atoms with Gasteiger partial charge >= 0.3 is 12.0 Å². The Balaban J connectivity index is 1.93. The van der Waals surface area contributed by atoms with Crippen LogP contribution in [0.25, 0.3) is 0 Å². The summed E-state index contributed by atoms with van der Waals surface area (Å²) in [5.74, 6) is -0.503. The van der Waals surface area contributed by atoms with Crippen LogP contribution in [0.3, 0.4) is 0 Å². The van der Waals surface area contributed by atoms with Crippen molar-refractivity contribution in [3.63, 3.8) is 0 Å². The smallest absolute Gasteiger partial charge is 0.315 e. The summed E-state index contributed by atoms with van der Waals surface area (Å²) < 4.78 is 0.869. The molecule has 1 aliphatic carbocycles. The van der Waals surface area contributed by atoms with Gasteiger partial charge < -0.3 is 15.7 Å². The van der Waals surface area contributed by atoms with Crippen molar-refractivity contribution in [1.82, 2.24) is 15.6 Å². The molecule has 2 rings (SSSR count). The highest BCUT2D eigenvalue weighted by atomic mass is 79.9. The third-order valence-corrected chi connectivity index (χ3v) is 3.52. The third kappa shape index (κ3) is 4.48. The molecule has 1 aromatic rings. The van der Waals surface area contributed by atoms with E-state index in [1.165, 1.54) is 0 Å². The van der Waals surface area contributed by atoms with E-state index < -0.39 is 5.97 Å².